The number of fused-ring (bicyclic) bond motifs is 5. The highest BCUT2D eigenvalue weighted by Gasteiger charge is 2.30. The number of phenols is 1. The molecule has 0 fully saturated rings. The Balaban J connectivity index is 1.90. The molecule has 0 spiro atoms. The van der Waals surface area contributed by atoms with Crippen LogP contribution in [0, 0.1) is 0 Å². The third-order valence-electron chi connectivity index (χ3n) is 8.15. The summed E-state index contributed by atoms with van der Waals surface area (Å²) in [6.45, 7) is 1.29. The number of hydrogen-bond acceptors (Lipinski definition) is 10. The fourth-order valence-electron chi connectivity index (χ4n) is 5.47. The fourth-order valence-corrected chi connectivity index (χ4v) is 5.47. The molecule has 2 aromatic carbocycles. The molecular weight excluding hydrogens is 602 g/mol. The Morgan fingerprint density at radius 3 is 2.38 bits per heavy atom. The van der Waals surface area contributed by atoms with Gasteiger partial charge in [-0.25, -0.2) is 0 Å². The Labute approximate surface area is 275 Å². The minimum Gasteiger partial charge on any atom is -0.508 e. The number of carbonyl (C=O) groups is 4. The molecule has 5 atom stereocenters. The van der Waals surface area contributed by atoms with Crippen molar-refractivity contribution in [1.82, 2.24) is 21.3 Å². The van der Waals surface area contributed by atoms with Crippen LogP contribution in [0.5, 0.6) is 5.75 Å². The number of benzene rings is 2. The molecular formula is C33H51N9O5. The third-order valence-corrected chi connectivity index (χ3v) is 8.15. The summed E-state index contributed by atoms with van der Waals surface area (Å²) >= 11 is 0. The largest absolute Gasteiger partial charge is 0.508 e. The lowest BCUT2D eigenvalue weighted by molar-refractivity contribution is -0.133. The molecule has 47 heavy (non-hydrogen) atoms. The number of nitrogens with one attached hydrogen (secondary N) is 4. The van der Waals surface area contributed by atoms with Gasteiger partial charge in [-0.15, -0.1) is 0 Å². The Morgan fingerprint density at radius 2 is 1.66 bits per heavy atom. The van der Waals surface area contributed by atoms with E-state index in [-0.39, 0.29) is 63.0 Å². The number of aromatic hydroxyl groups is 1. The molecule has 0 aromatic heterocycles. The Kier molecular flexibility index (Phi) is 15.0. The molecule has 4 bridgehead atoms. The van der Waals surface area contributed by atoms with E-state index in [1.165, 1.54) is 0 Å². The zero-order chi connectivity index (χ0) is 34.3. The molecule has 4 amide bonds. The minimum atomic E-state index is -1.06. The highest BCUT2D eigenvalue weighted by atomic mass is 16.3. The lowest BCUT2D eigenvalue weighted by atomic mass is 9.96. The van der Waals surface area contributed by atoms with Crippen LogP contribution >= 0.6 is 0 Å². The average molecular weight is 654 g/mol. The van der Waals surface area contributed by atoms with Gasteiger partial charge in [-0.05, 0) is 86.1 Å². The summed E-state index contributed by atoms with van der Waals surface area (Å²) in [4.78, 5) is 53.3. The molecule has 3 rings (SSSR count). The van der Waals surface area contributed by atoms with E-state index in [0.717, 1.165) is 23.1 Å². The summed E-state index contributed by atoms with van der Waals surface area (Å²) < 4.78 is 0. The van der Waals surface area contributed by atoms with Crippen molar-refractivity contribution in [2.45, 2.75) is 81.6 Å². The Hall–Kier alpha value is -4.08. The van der Waals surface area contributed by atoms with Crippen LogP contribution in [0.2, 0.25) is 0 Å². The van der Waals surface area contributed by atoms with Crippen LogP contribution in [0.15, 0.2) is 42.5 Å². The number of amides is 4. The van der Waals surface area contributed by atoms with Crippen LogP contribution < -0.4 is 49.9 Å². The number of phenolic OH excluding ortho intramolecular Hbond substituents is 1. The molecule has 14 heteroatoms. The standard InChI is InChI=1S/C33H51N9O5/c34-11-2-6-24(37)19-39-30(44)18-25(10-13-36)40-33(47)28-15-20-4-1-5-21(14-20)22-8-9-29(43)23(16-22)17-26(38)31(45)41-27(7-3-12-35)32(46)42-28/h1,4-5,8-9,14,16,24-28,43H,2-3,6-7,10-13,15,17-19,34-38H2,(H,39,44)(H,40,47)(H,41,45)(H,42,46)/t24-,25?,26-,27-,28-/m0/s1. The lowest BCUT2D eigenvalue weighted by Crippen LogP contribution is -2.57. The summed E-state index contributed by atoms with van der Waals surface area (Å²) in [5.41, 5.74) is 32.2. The van der Waals surface area contributed by atoms with E-state index < -0.39 is 41.9 Å². The lowest BCUT2D eigenvalue weighted by Gasteiger charge is -2.26. The van der Waals surface area contributed by atoms with Gasteiger partial charge in [0.15, 0.2) is 0 Å². The van der Waals surface area contributed by atoms with Gasteiger partial charge in [0.2, 0.25) is 23.6 Å². The summed E-state index contributed by atoms with van der Waals surface area (Å²) in [6.07, 6.45) is 2.52. The van der Waals surface area contributed by atoms with Crippen LogP contribution in [0.4, 0.5) is 0 Å². The summed E-state index contributed by atoms with van der Waals surface area (Å²) in [5, 5.41) is 21.7. The van der Waals surface area contributed by atoms with Gasteiger partial charge in [0.05, 0.1) is 6.04 Å². The normalized spacial score (nSPS) is 19.7. The highest BCUT2D eigenvalue weighted by molar-refractivity contribution is 5.93. The average Bonchev–Trinajstić information content (AvgIpc) is 3.05. The minimum absolute atomic E-state index is 0.00165. The molecule has 1 aliphatic heterocycles. The van der Waals surface area contributed by atoms with Crippen molar-refractivity contribution in [2.75, 3.05) is 26.2 Å². The molecule has 0 saturated carbocycles. The van der Waals surface area contributed by atoms with E-state index >= 15 is 0 Å². The van der Waals surface area contributed by atoms with E-state index in [1.807, 2.05) is 24.3 Å². The molecule has 2 aromatic rings. The van der Waals surface area contributed by atoms with Crippen molar-refractivity contribution < 1.29 is 24.3 Å². The van der Waals surface area contributed by atoms with E-state index in [2.05, 4.69) is 21.3 Å². The predicted octanol–water partition coefficient (Wildman–Crippen LogP) is -1.40. The van der Waals surface area contributed by atoms with Crippen LogP contribution in [0.1, 0.15) is 49.7 Å². The first-order valence-corrected chi connectivity index (χ1v) is 16.2. The molecule has 14 nitrogen and oxygen atoms in total. The third kappa shape index (κ3) is 11.9. The van der Waals surface area contributed by atoms with Crippen molar-refractivity contribution in [3.05, 3.63) is 53.6 Å². The number of carbonyl (C=O) groups excluding carboxylic acids is 4. The summed E-state index contributed by atoms with van der Waals surface area (Å²) in [5.74, 6) is -1.96. The molecule has 0 saturated heterocycles. The number of rotatable bonds is 14. The van der Waals surface area contributed by atoms with Crippen molar-refractivity contribution in [2.24, 2.45) is 28.7 Å². The molecule has 1 aliphatic rings. The van der Waals surface area contributed by atoms with Gasteiger partial charge >= 0.3 is 0 Å². The van der Waals surface area contributed by atoms with Crippen molar-refractivity contribution >= 4 is 23.6 Å². The van der Waals surface area contributed by atoms with Crippen molar-refractivity contribution in [3.8, 4) is 16.9 Å². The van der Waals surface area contributed by atoms with E-state index in [4.69, 9.17) is 28.7 Å². The summed E-state index contributed by atoms with van der Waals surface area (Å²) in [6, 6.07) is 8.58. The van der Waals surface area contributed by atoms with Crippen LogP contribution in [0.25, 0.3) is 11.1 Å². The molecule has 1 heterocycles. The first-order chi connectivity index (χ1) is 22.5. The number of hydrogen-bond donors (Lipinski definition) is 10. The summed E-state index contributed by atoms with van der Waals surface area (Å²) in [7, 11) is 0. The quantitative estimate of drug-likeness (QED) is 0.114. The fraction of sp³-hybridized carbons (Fsp3) is 0.515. The first kappa shape index (κ1) is 37.4. The Bertz CT molecular complexity index is 1360. The van der Waals surface area contributed by atoms with E-state index in [1.54, 1.807) is 18.2 Å². The topological polar surface area (TPSA) is 267 Å². The second kappa shape index (κ2) is 18.9. The SMILES string of the molecule is NCCC[C@H](N)CNC(=O)CC(CCN)NC(=O)[C@@H]1Cc2cccc(c2)-c2ccc(O)c(c2)C[C@H](N)C(=O)N[C@@H](CCCN)C(=O)N1. The van der Waals surface area contributed by atoms with Gasteiger partial charge < -0.3 is 55.0 Å². The van der Waals surface area contributed by atoms with Gasteiger partial charge in [0, 0.05) is 37.9 Å². The maximum atomic E-state index is 13.8. The van der Waals surface area contributed by atoms with Crippen LogP contribution in [-0.4, -0.2) is 85.1 Å². The smallest absolute Gasteiger partial charge is 0.243 e. The molecule has 0 aliphatic carbocycles. The highest BCUT2D eigenvalue weighted by Crippen LogP contribution is 2.28. The number of nitrogens with two attached hydrogens (primary N) is 5. The van der Waals surface area contributed by atoms with Gasteiger partial charge in [0.1, 0.15) is 17.8 Å². The monoisotopic (exact) mass is 653 g/mol. The second-order valence-electron chi connectivity index (χ2n) is 12.1. The van der Waals surface area contributed by atoms with Crippen LogP contribution in [-0.2, 0) is 32.0 Å². The van der Waals surface area contributed by atoms with Gasteiger partial charge in [-0.3, -0.25) is 19.2 Å². The molecule has 1 unspecified atom stereocenters. The van der Waals surface area contributed by atoms with Gasteiger partial charge in [0.25, 0.3) is 0 Å². The maximum Gasteiger partial charge on any atom is 0.243 e. The zero-order valence-electron chi connectivity index (χ0n) is 26.9. The van der Waals surface area contributed by atoms with Crippen molar-refractivity contribution in [1.29, 1.82) is 0 Å². The zero-order valence-corrected chi connectivity index (χ0v) is 26.9. The van der Waals surface area contributed by atoms with Crippen molar-refractivity contribution in [3.63, 3.8) is 0 Å². The van der Waals surface area contributed by atoms with E-state index in [9.17, 15) is 24.3 Å². The first-order valence-electron chi connectivity index (χ1n) is 16.2. The van der Waals surface area contributed by atoms with Gasteiger partial charge in [-0.2, -0.15) is 0 Å². The molecule has 258 valence electrons. The second-order valence-corrected chi connectivity index (χ2v) is 12.1. The maximum absolute atomic E-state index is 13.8. The molecule has 0 radical (unpaired) electrons. The Morgan fingerprint density at radius 1 is 0.915 bits per heavy atom. The molecule has 15 N–H and O–H groups in total. The van der Waals surface area contributed by atoms with Crippen LogP contribution in [0.3, 0.4) is 0 Å². The predicted molar refractivity (Wildman–Crippen MR) is 181 cm³/mol. The van der Waals surface area contributed by atoms with Gasteiger partial charge in [-0.1, -0.05) is 30.3 Å². The van der Waals surface area contributed by atoms with E-state index in [0.29, 0.717) is 31.4 Å².